The summed E-state index contributed by atoms with van der Waals surface area (Å²) < 4.78 is 6.52. The molecule has 0 radical (unpaired) electrons. The number of anilines is 2. The van der Waals surface area contributed by atoms with Crippen molar-refractivity contribution in [1.82, 2.24) is 14.8 Å². The normalized spacial score (nSPS) is 10.2. The van der Waals surface area contributed by atoms with Crippen LogP contribution in [0.2, 0.25) is 0 Å². The fraction of sp³-hybridized carbons (Fsp3) is 0.308. The maximum absolute atomic E-state index is 11.5. The Hall–Kier alpha value is -2.57. The molecule has 0 saturated heterocycles. The lowest BCUT2D eigenvalue weighted by molar-refractivity contribution is 0.0602. The van der Waals surface area contributed by atoms with E-state index >= 15 is 0 Å². The molecule has 0 spiro atoms. The third-order valence-corrected chi connectivity index (χ3v) is 2.77. The minimum absolute atomic E-state index is 0.305. The Morgan fingerprint density at radius 3 is 3.10 bits per heavy atom. The van der Waals surface area contributed by atoms with Crippen LogP contribution in [0.3, 0.4) is 0 Å². The molecule has 0 bridgehead atoms. The van der Waals surface area contributed by atoms with Crippen LogP contribution in [0.4, 0.5) is 11.5 Å². The summed E-state index contributed by atoms with van der Waals surface area (Å²) in [5, 5.41) is 7.25. The summed E-state index contributed by atoms with van der Waals surface area (Å²) in [7, 11) is 1.32. The van der Waals surface area contributed by atoms with Gasteiger partial charge in [-0.3, -0.25) is 4.68 Å². The van der Waals surface area contributed by atoms with Crippen molar-refractivity contribution in [3.63, 3.8) is 0 Å². The lowest BCUT2D eigenvalue weighted by atomic mass is 10.2. The van der Waals surface area contributed by atoms with Gasteiger partial charge in [0.1, 0.15) is 5.82 Å². The number of nitrogens with zero attached hydrogens (tertiary/aromatic N) is 3. The molecular formula is C13H17N5O2. The van der Waals surface area contributed by atoms with Crippen molar-refractivity contribution in [3.05, 3.63) is 36.3 Å². The number of nitrogens with two attached hydrogens (primary N) is 1. The molecule has 2 heterocycles. The van der Waals surface area contributed by atoms with Gasteiger partial charge >= 0.3 is 5.97 Å². The molecule has 20 heavy (non-hydrogen) atoms. The van der Waals surface area contributed by atoms with Crippen LogP contribution in [-0.4, -0.2) is 34.4 Å². The second kappa shape index (κ2) is 6.55. The zero-order valence-corrected chi connectivity index (χ0v) is 11.2. The Bertz CT molecular complexity index is 568. The van der Waals surface area contributed by atoms with Gasteiger partial charge in [-0.2, -0.15) is 5.10 Å². The van der Waals surface area contributed by atoms with E-state index in [-0.39, 0.29) is 0 Å². The molecule has 0 aromatic carbocycles. The first kappa shape index (κ1) is 13.9. The summed E-state index contributed by atoms with van der Waals surface area (Å²) in [5.74, 6) is 0.129. The number of aryl methyl sites for hydroxylation is 1. The number of hydrogen-bond donors (Lipinski definition) is 2. The maximum Gasteiger partial charge on any atom is 0.340 e. The highest BCUT2D eigenvalue weighted by Crippen LogP contribution is 2.15. The van der Waals surface area contributed by atoms with E-state index in [0.29, 0.717) is 17.1 Å². The minimum atomic E-state index is -0.468. The van der Waals surface area contributed by atoms with Crippen molar-refractivity contribution in [2.75, 3.05) is 24.7 Å². The van der Waals surface area contributed by atoms with Gasteiger partial charge < -0.3 is 15.8 Å². The number of nitrogens with one attached hydrogen (secondary N) is 1. The van der Waals surface area contributed by atoms with Crippen molar-refractivity contribution >= 4 is 17.5 Å². The molecule has 0 aliphatic carbocycles. The SMILES string of the molecule is COC(=O)c1cc(NCCCn2cccn2)ncc1N. The average Bonchev–Trinajstić information content (AvgIpc) is 2.97. The van der Waals surface area contributed by atoms with Crippen LogP contribution in [-0.2, 0) is 11.3 Å². The summed E-state index contributed by atoms with van der Waals surface area (Å²) in [5.41, 5.74) is 6.30. The number of nitrogen functional groups attached to an aromatic ring is 1. The molecule has 0 aliphatic rings. The van der Waals surface area contributed by atoms with Crippen molar-refractivity contribution < 1.29 is 9.53 Å². The Balaban J connectivity index is 1.88. The fourth-order valence-corrected chi connectivity index (χ4v) is 1.74. The largest absolute Gasteiger partial charge is 0.465 e. The van der Waals surface area contributed by atoms with Gasteiger partial charge in [0.2, 0.25) is 0 Å². The van der Waals surface area contributed by atoms with Gasteiger partial charge in [-0.15, -0.1) is 0 Å². The molecule has 0 fully saturated rings. The summed E-state index contributed by atoms with van der Waals surface area (Å²) in [6, 6.07) is 3.48. The number of rotatable bonds is 6. The molecule has 106 valence electrons. The van der Waals surface area contributed by atoms with E-state index in [1.165, 1.54) is 13.3 Å². The number of methoxy groups -OCH3 is 1. The number of carbonyl (C=O) groups is 1. The second-order valence-corrected chi connectivity index (χ2v) is 4.20. The topological polar surface area (TPSA) is 95.1 Å². The van der Waals surface area contributed by atoms with Gasteiger partial charge in [0.15, 0.2) is 0 Å². The Kier molecular flexibility index (Phi) is 4.54. The number of aromatic nitrogens is 3. The van der Waals surface area contributed by atoms with E-state index in [9.17, 15) is 4.79 Å². The highest BCUT2D eigenvalue weighted by Gasteiger charge is 2.11. The van der Waals surface area contributed by atoms with Crippen LogP contribution in [0.5, 0.6) is 0 Å². The highest BCUT2D eigenvalue weighted by atomic mass is 16.5. The monoisotopic (exact) mass is 275 g/mol. The third-order valence-electron chi connectivity index (χ3n) is 2.77. The van der Waals surface area contributed by atoms with Gasteiger partial charge in [0.25, 0.3) is 0 Å². The lowest BCUT2D eigenvalue weighted by Crippen LogP contribution is -2.11. The Labute approximate surface area is 116 Å². The third kappa shape index (κ3) is 3.47. The first-order valence-electron chi connectivity index (χ1n) is 6.26. The maximum atomic E-state index is 11.5. The van der Waals surface area contributed by atoms with Crippen LogP contribution in [0, 0.1) is 0 Å². The first-order valence-corrected chi connectivity index (χ1v) is 6.26. The standard InChI is InChI=1S/C13H17N5O2/c1-20-13(19)10-8-12(16-9-11(10)14)15-4-2-6-18-7-3-5-17-18/h3,5,7-9H,2,4,6,14H2,1H3,(H,15,16). The van der Waals surface area contributed by atoms with Crippen molar-refractivity contribution in [3.8, 4) is 0 Å². The molecule has 2 aromatic rings. The lowest BCUT2D eigenvalue weighted by Gasteiger charge is -2.08. The molecule has 2 rings (SSSR count). The minimum Gasteiger partial charge on any atom is -0.465 e. The Morgan fingerprint density at radius 2 is 2.40 bits per heavy atom. The van der Waals surface area contributed by atoms with E-state index in [1.807, 2.05) is 16.9 Å². The van der Waals surface area contributed by atoms with Gasteiger partial charge in [-0.1, -0.05) is 0 Å². The van der Waals surface area contributed by atoms with Crippen LogP contribution < -0.4 is 11.1 Å². The van der Waals surface area contributed by atoms with Gasteiger partial charge in [-0.25, -0.2) is 9.78 Å². The molecule has 0 aliphatic heterocycles. The van der Waals surface area contributed by atoms with Crippen molar-refractivity contribution in [2.24, 2.45) is 0 Å². The van der Waals surface area contributed by atoms with Crippen LogP contribution in [0.25, 0.3) is 0 Å². The van der Waals surface area contributed by atoms with E-state index in [1.54, 1.807) is 12.3 Å². The Morgan fingerprint density at radius 1 is 1.55 bits per heavy atom. The smallest absolute Gasteiger partial charge is 0.340 e. The highest BCUT2D eigenvalue weighted by molar-refractivity contribution is 5.95. The summed E-state index contributed by atoms with van der Waals surface area (Å²) in [4.78, 5) is 15.6. The number of carbonyl (C=O) groups excluding carboxylic acids is 1. The van der Waals surface area contributed by atoms with Gasteiger partial charge in [0, 0.05) is 25.5 Å². The van der Waals surface area contributed by atoms with E-state index < -0.39 is 5.97 Å². The molecule has 2 aromatic heterocycles. The van der Waals surface area contributed by atoms with Gasteiger partial charge in [-0.05, 0) is 18.6 Å². The predicted molar refractivity (Wildman–Crippen MR) is 75.3 cm³/mol. The van der Waals surface area contributed by atoms with E-state index in [4.69, 9.17) is 5.73 Å². The zero-order valence-electron chi connectivity index (χ0n) is 11.2. The molecule has 7 nitrogen and oxygen atoms in total. The van der Waals surface area contributed by atoms with Crippen LogP contribution >= 0.6 is 0 Å². The summed E-state index contributed by atoms with van der Waals surface area (Å²) in [6.07, 6.45) is 6.00. The van der Waals surface area contributed by atoms with Crippen molar-refractivity contribution in [1.29, 1.82) is 0 Å². The van der Waals surface area contributed by atoms with Gasteiger partial charge in [0.05, 0.1) is 24.6 Å². The molecule has 0 atom stereocenters. The summed E-state index contributed by atoms with van der Waals surface area (Å²) >= 11 is 0. The quantitative estimate of drug-likeness (QED) is 0.606. The predicted octanol–water partition coefficient (Wildman–Crippen LogP) is 1.15. The first-order chi connectivity index (χ1) is 9.70. The molecule has 3 N–H and O–H groups in total. The number of esters is 1. The average molecular weight is 275 g/mol. The second-order valence-electron chi connectivity index (χ2n) is 4.20. The molecule has 0 saturated carbocycles. The van der Waals surface area contributed by atoms with E-state index in [2.05, 4.69) is 20.1 Å². The molecular weight excluding hydrogens is 258 g/mol. The fourth-order valence-electron chi connectivity index (χ4n) is 1.74. The molecule has 0 amide bonds. The number of hydrogen-bond acceptors (Lipinski definition) is 6. The van der Waals surface area contributed by atoms with Crippen LogP contribution in [0.15, 0.2) is 30.7 Å². The summed E-state index contributed by atoms with van der Waals surface area (Å²) in [6.45, 7) is 1.54. The molecule has 0 unspecified atom stereocenters. The van der Waals surface area contributed by atoms with E-state index in [0.717, 1.165) is 19.5 Å². The van der Waals surface area contributed by atoms with Crippen molar-refractivity contribution in [2.45, 2.75) is 13.0 Å². The molecule has 7 heteroatoms. The number of ether oxygens (including phenoxy) is 1. The van der Waals surface area contributed by atoms with Crippen LogP contribution in [0.1, 0.15) is 16.8 Å². The number of pyridine rings is 1. The zero-order chi connectivity index (χ0) is 14.4.